The second-order valence-corrected chi connectivity index (χ2v) is 9.78. The van der Waals surface area contributed by atoms with E-state index < -0.39 is 10.8 Å². The predicted molar refractivity (Wildman–Crippen MR) is 127 cm³/mol. The first kappa shape index (κ1) is 22.4. The summed E-state index contributed by atoms with van der Waals surface area (Å²) >= 11 is 7.37. The van der Waals surface area contributed by atoms with Gasteiger partial charge < -0.3 is 5.32 Å². The van der Waals surface area contributed by atoms with Crippen LogP contribution in [0.25, 0.3) is 16.6 Å². The van der Waals surface area contributed by atoms with Crippen LogP contribution in [0, 0.1) is 11.3 Å². The van der Waals surface area contributed by atoms with Gasteiger partial charge in [0.1, 0.15) is 5.54 Å². The van der Waals surface area contributed by atoms with E-state index in [0.29, 0.717) is 39.6 Å². The van der Waals surface area contributed by atoms with Gasteiger partial charge in [0.2, 0.25) is 5.91 Å². The summed E-state index contributed by atoms with van der Waals surface area (Å²) in [5, 5.41) is 13.5. The SMILES string of the molecule is C[C@@H](Sc1nc2ccccc2c(=O)n1-c1cccc(Cl)c1)C(=O)NC1(C#N)CCCCC1. The van der Waals surface area contributed by atoms with Crippen LogP contribution in [0.1, 0.15) is 39.0 Å². The highest BCUT2D eigenvalue weighted by Gasteiger charge is 2.35. The predicted octanol–water partition coefficient (Wildman–Crippen LogP) is 4.86. The molecule has 1 heterocycles. The van der Waals surface area contributed by atoms with Gasteiger partial charge in [0, 0.05) is 5.02 Å². The number of nitriles is 1. The average molecular weight is 467 g/mol. The van der Waals surface area contributed by atoms with Crippen LogP contribution in [0.2, 0.25) is 5.02 Å². The summed E-state index contributed by atoms with van der Waals surface area (Å²) in [5.74, 6) is -0.237. The lowest BCUT2D eigenvalue weighted by Crippen LogP contribution is -2.51. The molecule has 1 aliphatic rings. The summed E-state index contributed by atoms with van der Waals surface area (Å²) < 4.78 is 1.49. The van der Waals surface area contributed by atoms with Crippen molar-refractivity contribution >= 4 is 40.2 Å². The minimum atomic E-state index is -0.812. The molecule has 0 bridgehead atoms. The number of amides is 1. The zero-order valence-corrected chi connectivity index (χ0v) is 19.2. The Morgan fingerprint density at radius 2 is 1.97 bits per heavy atom. The fourth-order valence-corrected chi connectivity index (χ4v) is 5.11. The molecule has 2 aromatic carbocycles. The van der Waals surface area contributed by atoms with E-state index >= 15 is 0 Å². The molecule has 0 spiro atoms. The number of fused-ring (bicyclic) bond motifs is 1. The molecule has 4 rings (SSSR count). The number of hydrogen-bond donors (Lipinski definition) is 1. The highest BCUT2D eigenvalue weighted by molar-refractivity contribution is 8.00. The van der Waals surface area contributed by atoms with E-state index in [1.165, 1.54) is 16.3 Å². The van der Waals surface area contributed by atoms with Crippen LogP contribution in [-0.2, 0) is 4.79 Å². The fraction of sp³-hybridized carbons (Fsp3) is 0.333. The summed E-state index contributed by atoms with van der Waals surface area (Å²) in [6, 6.07) is 16.4. The van der Waals surface area contributed by atoms with Gasteiger partial charge in [-0.05, 0) is 50.1 Å². The first-order valence-electron chi connectivity index (χ1n) is 10.6. The number of halogens is 1. The van der Waals surface area contributed by atoms with Gasteiger partial charge in [-0.15, -0.1) is 0 Å². The molecule has 0 saturated heterocycles. The number of hydrogen-bond acceptors (Lipinski definition) is 5. The van der Waals surface area contributed by atoms with Crippen LogP contribution >= 0.6 is 23.4 Å². The first-order chi connectivity index (χ1) is 15.4. The van der Waals surface area contributed by atoms with Gasteiger partial charge in [-0.1, -0.05) is 60.8 Å². The number of carbonyl (C=O) groups is 1. The number of nitrogens with zero attached hydrogens (tertiary/aromatic N) is 3. The summed E-state index contributed by atoms with van der Waals surface area (Å²) in [6.07, 6.45) is 4.25. The molecule has 0 aliphatic heterocycles. The van der Waals surface area contributed by atoms with Crippen molar-refractivity contribution in [3.63, 3.8) is 0 Å². The molecule has 8 heteroatoms. The molecule has 3 aromatic rings. The van der Waals surface area contributed by atoms with Crippen LogP contribution < -0.4 is 10.9 Å². The van der Waals surface area contributed by atoms with Gasteiger partial charge in [-0.25, -0.2) is 4.98 Å². The van der Waals surface area contributed by atoms with E-state index in [-0.39, 0.29) is 11.5 Å². The Kier molecular flexibility index (Phi) is 6.54. The molecule has 1 aromatic heterocycles. The van der Waals surface area contributed by atoms with Crippen LogP contribution in [-0.4, -0.2) is 26.2 Å². The Hall–Kier alpha value is -2.82. The molecule has 1 amide bonds. The van der Waals surface area contributed by atoms with Gasteiger partial charge in [0.15, 0.2) is 5.16 Å². The largest absolute Gasteiger partial charge is 0.337 e. The van der Waals surface area contributed by atoms with Crippen molar-refractivity contribution in [2.45, 2.75) is 55.0 Å². The van der Waals surface area contributed by atoms with E-state index in [0.717, 1.165) is 19.3 Å². The third kappa shape index (κ3) is 4.52. The maximum atomic E-state index is 13.3. The van der Waals surface area contributed by atoms with E-state index in [1.54, 1.807) is 49.4 Å². The number of thioether (sulfide) groups is 1. The highest BCUT2D eigenvalue weighted by Crippen LogP contribution is 2.30. The first-order valence-corrected chi connectivity index (χ1v) is 11.9. The lowest BCUT2D eigenvalue weighted by atomic mass is 9.83. The summed E-state index contributed by atoms with van der Waals surface area (Å²) in [6.45, 7) is 1.76. The zero-order chi connectivity index (χ0) is 22.7. The van der Waals surface area contributed by atoms with Gasteiger partial charge >= 0.3 is 0 Å². The van der Waals surface area contributed by atoms with Gasteiger partial charge in [0.05, 0.1) is 27.9 Å². The zero-order valence-electron chi connectivity index (χ0n) is 17.7. The normalized spacial score (nSPS) is 16.3. The molecule has 6 nitrogen and oxygen atoms in total. The maximum absolute atomic E-state index is 13.3. The summed E-state index contributed by atoms with van der Waals surface area (Å²) in [4.78, 5) is 31.0. The number of nitrogens with one attached hydrogen (secondary N) is 1. The van der Waals surface area contributed by atoms with Crippen molar-refractivity contribution in [3.05, 3.63) is 63.9 Å². The lowest BCUT2D eigenvalue weighted by molar-refractivity contribution is -0.121. The maximum Gasteiger partial charge on any atom is 0.266 e. The second kappa shape index (κ2) is 9.35. The Morgan fingerprint density at radius 3 is 2.69 bits per heavy atom. The highest BCUT2D eigenvalue weighted by atomic mass is 35.5. The molecule has 1 atom stereocenters. The molecular weight excluding hydrogens is 444 g/mol. The fourth-order valence-electron chi connectivity index (χ4n) is 4.00. The Balaban J connectivity index is 1.70. The second-order valence-electron chi connectivity index (χ2n) is 8.04. The lowest BCUT2D eigenvalue weighted by Gasteiger charge is -2.32. The number of carbonyl (C=O) groups excluding carboxylic acids is 1. The molecule has 1 aliphatic carbocycles. The van der Waals surface area contributed by atoms with Gasteiger partial charge in [0.25, 0.3) is 5.56 Å². The van der Waals surface area contributed by atoms with E-state index in [4.69, 9.17) is 11.6 Å². The van der Waals surface area contributed by atoms with E-state index in [9.17, 15) is 14.9 Å². The van der Waals surface area contributed by atoms with E-state index in [1.807, 2.05) is 6.07 Å². The van der Waals surface area contributed by atoms with Crippen LogP contribution in [0.5, 0.6) is 0 Å². The third-order valence-electron chi connectivity index (χ3n) is 5.75. The van der Waals surface area contributed by atoms with Crippen LogP contribution in [0.15, 0.2) is 58.5 Å². The molecule has 164 valence electrons. The Morgan fingerprint density at radius 1 is 1.22 bits per heavy atom. The Bertz CT molecular complexity index is 1260. The standard InChI is InChI=1S/C24H23ClN4O2S/c1-16(21(30)28-24(15-26)12-5-2-6-13-24)32-23-27-20-11-4-3-10-19(20)22(31)29(23)18-9-7-8-17(25)14-18/h3-4,7-11,14,16H,2,5-6,12-13H2,1H3,(H,28,30)/t16-/m1/s1. The van der Waals surface area contributed by atoms with E-state index in [2.05, 4.69) is 16.4 Å². The Labute approximate surface area is 195 Å². The van der Waals surface area contributed by atoms with Gasteiger partial charge in [-0.2, -0.15) is 5.26 Å². The van der Waals surface area contributed by atoms with Crippen molar-refractivity contribution in [2.24, 2.45) is 0 Å². The molecule has 1 saturated carbocycles. The van der Waals surface area contributed by atoms with Crippen LogP contribution in [0.4, 0.5) is 0 Å². The average Bonchev–Trinajstić information content (AvgIpc) is 2.80. The topological polar surface area (TPSA) is 87.8 Å². The quantitative estimate of drug-likeness (QED) is 0.428. The molecule has 1 fully saturated rings. The monoisotopic (exact) mass is 466 g/mol. The number of para-hydroxylation sites is 1. The van der Waals surface area contributed by atoms with Crippen molar-refractivity contribution in [2.75, 3.05) is 0 Å². The number of aromatic nitrogens is 2. The minimum absolute atomic E-state index is 0.228. The minimum Gasteiger partial charge on any atom is -0.337 e. The molecule has 1 N–H and O–H groups in total. The summed E-state index contributed by atoms with van der Waals surface area (Å²) in [7, 11) is 0. The van der Waals surface area contributed by atoms with Gasteiger partial charge in [-0.3, -0.25) is 14.2 Å². The van der Waals surface area contributed by atoms with Crippen molar-refractivity contribution in [1.82, 2.24) is 14.9 Å². The third-order valence-corrected chi connectivity index (χ3v) is 7.03. The molecule has 32 heavy (non-hydrogen) atoms. The molecule has 0 radical (unpaired) electrons. The number of rotatable bonds is 5. The van der Waals surface area contributed by atoms with Crippen molar-refractivity contribution < 1.29 is 4.79 Å². The smallest absolute Gasteiger partial charge is 0.266 e. The van der Waals surface area contributed by atoms with Crippen LogP contribution in [0.3, 0.4) is 0 Å². The summed E-state index contributed by atoms with van der Waals surface area (Å²) in [5.41, 5.74) is 0.102. The molecular formula is C24H23ClN4O2S. The number of benzene rings is 2. The van der Waals surface area contributed by atoms with Crippen molar-refractivity contribution in [1.29, 1.82) is 5.26 Å². The molecule has 0 unspecified atom stereocenters. The van der Waals surface area contributed by atoms with Crippen molar-refractivity contribution in [3.8, 4) is 11.8 Å².